The molecule has 2 aromatic carbocycles. The molecule has 28 heavy (non-hydrogen) atoms. The van der Waals surface area contributed by atoms with Crippen molar-refractivity contribution in [3.63, 3.8) is 0 Å². The van der Waals surface area contributed by atoms with Crippen molar-refractivity contribution in [2.45, 2.75) is 6.42 Å². The second-order valence-corrected chi connectivity index (χ2v) is 7.00. The first-order valence-corrected chi connectivity index (χ1v) is 9.78. The highest BCUT2D eigenvalue weighted by Gasteiger charge is 2.08. The number of carbonyl (C=O) groups is 2. The van der Waals surface area contributed by atoms with Gasteiger partial charge in [0.15, 0.2) is 0 Å². The van der Waals surface area contributed by atoms with Gasteiger partial charge in [0.25, 0.3) is 5.91 Å². The minimum absolute atomic E-state index is 0.147. The SMILES string of the molecule is O=C(CCNC(=O)c1ccsc1)Nc1ccc(-n2cnc3ccccc32)cc1. The van der Waals surface area contributed by atoms with Crippen molar-refractivity contribution in [2.24, 2.45) is 0 Å². The van der Waals surface area contributed by atoms with Crippen LogP contribution >= 0.6 is 11.3 Å². The molecular formula is C21H18N4O2S. The van der Waals surface area contributed by atoms with Gasteiger partial charge in [0.2, 0.25) is 5.91 Å². The molecule has 0 spiro atoms. The van der Waals surface area contributed by atoms with Gasteiger partial charge in [-0.3, -0.25) is 14.2 Å². The summed E-state index contributed by atoms with van der Waals surface area (Å²) in [5.74, 6) is -0.308. The Morgan fingerprint density at radius 1 is 1.04 bits per heavy atom. The zero-order valence-corrected chi connectivity index (χ0v) is 15.8. The molecule has 2 amide bonds. The lowest BCUT2D eigenvalue weighted by molar-refractivity contribution is -0.116. The van der Waals surface area contributed by atoms with Crippen LogP contribution in [0.4, 0.5) is 5.69 Å². The Hall–Kier alpha value is -3.45. The number of amides is 2. The van der Waals surface area contributed by atoms with Crippen molar-refractivity contribution in [1.29, 1.82) is 0 Å². The lowest BCUT2D eigenvalue weighted by atomic mass is 10.2. The van der Waals surface area contributed by atoms with E-state index in [2.05, 4.69) is 15.6 Å². The van der Waals surface area contributed by atoms with E-state index in [1.165, 1.54) is 11.3 Å². The number of hydrogen-bond donors (Lipinski definition) is 2. The Bertz CT molecular complexity index is 1100. The molecule has 0 aliphatic rings. The van der Waals surface area contributed by atoms with E-state index in [-0.39, 0.29) is 18.2 Å². The number of aromatic nitrogens is 2. The monoisotopic (exact) mass is 390 g/mol. The highest BCUT2D eigenvalue weighted by Crippen LogP contribution is 2.19. The predicted molar refractivity (Wildman–Crippen MR) is 111 cm³/mol. The van der Waals surface area contributed by atoms with Crippen LogP contribution in [0.5, 0.6) is 0 Å². The number of carbonyl (C=O) groups excluding carboxylic acids is 2. The molecular weight excluding hydrogens is 372 g/mol. The number of rotatable bonds is 6. The molecule has 2 heterocycles. The van der Waals surface area contributed by atoms with E-state index in [1.54, 1.807) is 17.8 Å². The third kappa shape index (κ3) is 3.94. The Balaban J connectivity index is 1.33. The molecule has 0 unspecified atom stereocenters. The largest absolute Gasteiger partial charge is 0.351 e. The van der Waals surface area contributed by atoms with Crippen molar-refractivity contribution in [3.8, 4) is 5.69 Å². The summed E-state index contributed by atoms with van der Waals surface area (Å²) >= 11 is 1.46. The van der Waals surface area contributed by atoms with Gasteiger partial charge in [0.05, 0.1) is 11.0 Å². The Labute approximate surface area is 165 Å². The van der Waals surface area contributed by atoms with Crippen LogP contribution in [-0.4, -0.2) is 27.9 Å². The number of nitrogens with zero attached hydrogens (tertiary/aromatic N) is 2. The molecule has 2 N–H and O–H groups in total. The van der Waals surface area contributed by atoms with Crippen LogP contribution < -0.4 is 10.6 Å². The normalized spacial score (nSPS) is 10.7. The summed E-state index contributed by atoms with van der Waals surface area (Å²) in [6, 6.07) is 17.3. The average molecular weight is 390 g/mol. The minimum Gasteiger partial charge on any atom is -0.351 e. The third-order valence-corrected chi connectivity index (χ3v) is 4.99. The number of thiophene rings is 1. The van der Waals surface area contributed by atoms with Crippen molar-refractivity contribution in [3.05, 3.63) is 77.2 Å². The molecule has 6 nitrogen and oxygen atoms in total. The lowest BCUT2D eigenvalue weighted by Gasteiger charge is -2.08. The Morgan fingerprint density at radius 2 is 1.86 bits per heavy atom. The maximum Gasteiger partial charge on any atom is 0.252 e. The van der Waals surface area contributed by atoms with Gasteiger partial charge < -0.3 is 10.6 Å². The van der Waals surface area contributed by atoms with E-state index in [4.69, 9.17) is 0 Å². The molecule has 0 radical (unpaired) electrons. The van der Waals surface area contributed by atoms with E-state index in [0.29, 0.717) is 17.8 Å². The molecule has 0 fully saturated rings. The van der Waals surface area contributed by atoms with Crippen LogP contribution in [0.2, 0.25) is 0 Å². The zero-order valence-electron chi connectivity index (χ0n) is 15.0. The van der Waals surface area contributed by atoms with E-state index in [1.807, 2.05) is 58.5 Å². The zero-order chi connectivity index (χ0) is 19.3. The minimum atomic E-state index is -0.161. The fourth-order valence-electron chi connectivity index (χ4n) is 2.88. The van der Waals surface area contributed by atoms with Crippen molar-refractivity contribution in [2.75, 3.05) is 11.9 Å². The fourth-order valence-corrected chi connectivity index (χ4v) is 3.52. The predicted octanol–water partition coefficient (Wildman–Crippen LogP) is 3.85. The summed E-state index contributed by atoms with van der Waals surface area (Å²) in [5.41, 5.74) is 4.26. The summed E-state index contributed by atoms with van der Waals surface area (Å²) in [6.45, 7) is 0.291. The van der Waals surface area contributed by atoms with Crippen LogP contribution in [0.15, 0.2) is 71.7 Å². The van der Waals surface area contributed by atoms with Gasteiger partial charge in [-0.05, 0) is 47.8 Å². The fraction of sp³-hybridized carbons (Fsp3) is 0.0952. The van der Waals surface area contributed by atoms with Crippen molar-refractivity contribution in [1.82, 2.24) is 14.9 Å². The third-order valence-electron chi connectivity index (χ3n) is 4.30. The highest BCUT2D eigenvalue weighted by atomic mass is 32.1. The number of anilines is 1. The first-order chi connectivity index (χ1) is 13.7. The molecule has 140 valence electrons. The van der Waals surface area contributed by atoms with Gasteiger partial charge in [0.1, 0.15) is 6.33 Å². The number of benzene rings is 2. The molecule has 0 saturated carbocycles. The van der Waals surface area contributed by atoms with Crippen LogP contribution in [0, 0.1) is 0 Å². The van der Waals surface area contributed by atoms with Gasteiger partial charge in [0, 0.05) is 35.3 Å². The molecule has 0 saturated heterocycles. The van der Waals surface area contributed by atoms with Gasteiger partial charge in [-0.15, -0.1) is 0 Å². The second kappa shape index (κ2) is 8.06. The van der Waals surface area contributed by atoms with Crippen LogP contribution in [0.1, 0.15) is 16.8 Å². The summed E-state index contributed by atoms with van der Waals surface area (Å²) in [6.07, 6.45) is 2.00. The first-order valence-electron chi connectivity index (χ1n) is 8.83. The number of imidazole rings is 1. The van der Waals surface area contributed by atoms with E-state index in [0.717, 1.165) is 16.7 Å². The molecule has 4 rings (SSSR count). The topological polar surface area (TPSA) is 76.0 Å². The Morgan fingerprint density at radius 3 is 2.64 bits per heavy atom. The number of fused-ring (bicyclic) bond motifs is 1. The number of para-hydroxylation sites is 2. The summed E-state index contributed by atoms with van der Waals surface area (Å²) in [7, 11) is 0. The average Bonchev–Trinajstić information content (AvgIpc) is 3.39. The van der Waals surface area contributed by atoms with Crippen LogP contribution in [0.3, 0.4) is 0 Å². The van der Waals surface area contributed by atoms with Gasteiger partial charge in [-0.2, -0.15) is 11.3 Å². The molecule has 4 aromatic rings. The molecule has 7 heteroatoms. The number of nitrogens with one attached hydrogen (secondary N) is 2. The summed E-state index contributed by atoms with van der Waals surface area (Å²) in [5, 5.41) is 9.21. The molecule has 0 atom stereocenters. The molecule has 0 bridgehead atoms. The van der Waals surface area contributed by atoms with Gasteiger partial charge in [-0.25, -0.2) is 4.98 Å². The van der Waals surface area contributed by atoms with Gasteiger partial charge >= 0.3 is 0 Å². The van der Waals surface area contributed by atoms with Crippen molar-refractivity contribution < 1.29 is 9.59 Å². The van der Waals surface area contributed by atoms with Crippen LogP contribution in [-0.2, 0) is 4.79 Å². The first kappa shape index (κ1) is 17.9. The quantitative estimate of drug-likeness (QED) is 0.525. The van der Waals surface area contributed by atoms with E-state index < -0.39 is 0 Å². The second-order valence-electron chi connectivity index (χ2n) is 6.22. The number of hydrogen-bond acceptors (Lipinski definition) is 4. The molecule has 0 aliphatic heterocycles. The van der Waals surface area contributed by atoms with Gasteiger partial charge in [-0.1, -0.05) is 12.1 Å². The molecule has 0 aliphatic carbocycles. The smallest absolute Gasteiger partial charge is 0.252 e. The molecule has 2 aromatic heterocycles. The maximum absolute atomic E-state index is 12.1. The van der Waals surface area contributed by atoms with E-state index >= 15 is 0 Å². The summed E-state index contributed by atoms with van der Waals surface area (Å²) in [4.78, 5) is 28.3. The maximum atomic E-state index is 12.1. The lowest BCUT2D eigenvalue weighted by Crippen LogP contribution is -2.27. The van der Waals surface area contributed by atoms with E-state index in [9.17, 15) is 9.59 Å². The van der Waals surface area contributed by atoms with Crippen molar-refractivity contribution >= 4 is 39.9 Å². The van der Waals surface area contributed by atoms with Crippen LogP contribution in [0.25, 0.3) is 16.7 Å². The highest BCUT2D eigenvalue weighted by molar-refractivity contribution is 7.08. The standard InChI is InChI=1S/C21H18N4O2S/c26-20(9-11-22-21(27)15-10-12-28-13-15)24-16-5-7-17(8-6-16)25-14-23-18-3-1-2-4-19(18)25/h1-8,10,12-14H,9,11H2,(H,22,27)(H,24,26). The Kier molecular flexibility index (Phi) is 5.16. The summed E-state index contributed by atoms with van der Waals surface area (Å²) < 4.78 is 2.00.